The summed E-state index contributed by atoms with van der Waals surface area (Å²) in [6.07, 6.45) is 8.38. The number of aliphatic hydroxyl groups is 1. The number of aromatic nitrogens is 3. The normalized spacial score (nSPS) is 25.3. The van der Waals surface area contributed by atoms with Crippen LogP contribution < -0.4 is 9.64 Å². The average molecular weight is 574 g/mol. The van der Waals surface area contributed by atoms with E-state index in [2.05, 4.69) is 14.8 Å². The molecule has 4 fully saturated rings. The van der Waals surface area contributed by atoms with Crippen molar-refractivity contribution in [2.24, 2.45) is 5.92 Å². The fourth-order valence-corrected chi connectivity index (χ4v) is 8.39. The minimum absolute atomic E-state index is 0.0223. The zero-order valence-electron chi connectivity index (χ0n) is 22.9. The van der Waals surface area contributed by atoms with Crippen molar-refractivity contribution < 1.29 is 14.2 Å². The monoisotopic (exact) mass is 573 g/mol. The van der Waals surface area contributed by atoms with Crippen molar-refractivity contribution in [3.63, 3.8) is 0 Å². The van der Waals surface area contributed by atoms with Crippen LogP contribution in [0.25, 0.3) is 32.9 Å². The fourth-order valence-electron chi connectivity index (χ4n) is 8.11. The maximum atomic E-state index is 16.6. The first kappa shape index (κ1) is 25.6. The van der Waals surface area contributed by atoms with E-state index < -0.39 is 5.82 Å². The van der Waals surface area contributed by atoms with Crippen LogP contribution >= 0.6 is 11.6 Å². The second-order valence-electron chi connectivity index (χ2n) is 12.4. The summed E-state index contributed by atoms with van der Waals surface area (Å²) in [5.41, 5.74) is 1.06. The first-order chi connectivity index (χ1) is 20.0. The Morgan fingerprint density at radius 2 is 1.85 bits per heavy atom. The Balaban J connectivity index is 1.26. The molecule has 0 spiro atoms. The molecule has 2 bridgehead atoms. The van der Waals surface area contributed by atoms with Crippen molar-refractivity contribution in [2.45, 2.75) is 62.6 Å². The molecule has 41 heavy (non-hydrogen) atoms. The number of nitrogens with zero attached hydrogens (tertiary/aromatic N) is 5. The molecule has 1 saturated carbocycles. The summed E-state index contributed by atoms with van der Waals surface area (Å²) in [6, 6.07) is 11.7. The van der Waals surface area contributed by atoms with Gasteiger partial charge in [0.1, 0.15) is 23.6 Å². The van der Waals surface area contributed by atoms with E-state index in [-0.39, 0.29) is 34.9 Å². The van der Waals surface area contributed by atoms with E-state index in [1.807, 2.05) is 36.4 Å². The van der Waals surface area contributed by atoms with E-state index in [1.54, 1.807) is 6.20 Å². The molecule has 7 nitrogen and oxygen atoms in total. The first-order valence-corrected chi connectivity index (χ1v) is 15.2. The molecule has 9 heteroatoms. The maximum Gasteiger partial charge on any atom is 0.319 e. The van der Waals surface area contributed by atoms with Crippen LogP contribution in [0.5, 0.6) is 6.01 Å². The van der Waals surface area contributed by atoms with Gasteiger partial charge in [-0.15, -0.1) is 0 Å². The molecule has 3 aliphatic heterocycles. The number of halogens is 2. The van der Waals surface area contributed by atoms with Gasteiger partial charge in [0.15, 0.2) is 5.82 Å². The van der Waals surface area contributed by atoms with E-state index >= 15 is 4.39 Å². The fraction of sp³-hybridized carbons (Fsp3) is 0.469. The summed E-state index contributed by atoms with van der Waals surface area (Å²) in [5, 5.41) is 13.3. The lowest BCUT2D eigenvalue weighted by Gasteiger charge is -2.31. The van der Waals surface area contributed by atoms with Gasteiger partial charge in [-0.3, -0.25) is 9.88 Å². The van der Waals surface area contributed by atoms with Crippen LogP contribution in [-0.2, 0) is 0 Å². The van der Waals surface area contributed by atoms with Gasteiger partial charge in [-0.05, 0) is 75.4 Å². The third-order valence-corrected chi connectivity index (χ3v) is 10.3. The van der Waals surface area contributed by atoms with Crippen molar-refractivity contribution in [2.75, 3.05) is 31.1 Å². The van der Waals surface area contributed by atoms with Gasteiger partial charge in [0.2, 0.25) is 0 Å². The molecule has 3 atom stereocenters. The van der Waals surface area contributed by atoms with Crippen LogP contribution in [0, 0.1) is 11.7 Å². The number of ether oxygens (including phenoxy) is 1. The number of hydrogen-bond acceptors (Lipinski definition) is 7. The zero-order valence-corrected chi connectivity index (χ0v) is 23.7. The van der Waals surface area contributed by atoms with Crippen LogP contribution in [0.1, 0.15) is 44.9 Å². The standard InChI is InChI=1S/C32H33ClFN5O2/c33-25-8-2-6-20-5-1-7-23(26(20)25)28-27(34)29-24(16-35-28)30(39-17-19-13-21(39)15-22(40)14-19)37-31(36-29)41-18-32-9-3-11-38(32)12-4-10-32/h1-2,5-8,16,19,21-22,40H,3-4,9-15,17-18H2. The summed E-state index contributed by atoms with van der Waals surface area (Å²) < 4.78 is 23.0. The van der Waals surface area contributed by atoms with Gasteiger partial charge in [-0.2, -0.15) is 9.97 Å². The van der Waals surface area contributed by atoms with Gasteiger partial charge in [-0.25, -0.2) is 4.39 Å². The Labute approximate surface area is 243 Å². The highest BCUT2D eigenvalue weighted by Gasteiger charge is 2.45. The quantitative estimate of drug-likeness (QED) is 0.314. The molecular weight excluding hydrogens is 541 g/mol. The smallest absolute Gasteiger partial charge is 0.319 e. The topological polar surface area (TPSA) is 74.6 Å². The molecule has 8 rings (SSSR count). The van der Waals surface area contributed by atoms with Gasteiger partial charge in [0, 0.05) is 34.8 Å². The zero-order chi connectivity index (χ0) is 27.7. The van der Waals surface area contributed by atoms with Crippen LogP contribution in [-0.4, -0.2) is 68.9 Å². The van der Waals surface area contributed by atoms with Gasteiger partial charge < -0.3 is 14.7 Å². The summed E-state index contributed by atoms with van der Waals surface area (Å²) in [4.78, 5) is 19.0. The number of aliphatic hydroxyl groups excluding tert-OH is 1. The number of fused-ring (bicyclic) bond motifs is 5. The predicted molar refractivity (Wildman–Crippen MR) is 158 cm³/mol. The van der Waals surface area contributed by atoms with E-state index in [4.69, 9.17) is 26.3 Å². The molecule has 0 amide bonds. The van der Waals surface area contributed by atoms with E-state index in [9.17, 15) is 5.11 Å². The summed E-state index contributed by atoms with van der Waals surface area (Å²) in [7, 11) is 0. The second kappa shape index (κ2) is 9.75. The molecule has 2 aromatic carbocycles. The van der Waals surface area contributed by atoms with Gasteiger partial charge >= 0.3 is 6.01 Å². The number of hydrogen-bond donors (Lipinski definition) is 1. The van der Waals surface area contributed by atoms with Crippen molar-refractivity contribution in [1.82, 2.24) is 19.9 Å². The second-order valence-corrected chi connectivity index (χ2v) is 12.8. The van der Waals surface area contributed by atoms with Gasteiger partial charge in [0.05, 0.1) is 17.0 Å². The lowest BCUT2D eigenvalue weighted by molar-refractivity contribution is 0.107. The SMILES string of the molecule is OC1CC2CC(C1)N(c1nc(OCC34CCCN3CCC4)nc3c(F)c(-c4cccc5cccc(Cl)c45)ncc13)C2. The third-order valence-electron chi connectivity index (χ3n) is 9.96. The molecule has 0 radical (unpaired) electrons. The third kappa shape index (κ3) is 4.17. The Hall–Kier alpha value is -3.07. The lowest BCUT2D eigenvalue weighted by Crippen LogP contribution is -2.43. The van der Waals surface area contributed by atoms with E-state index in [0.29, 0.717) is 40.7 Å². The molecular formula is C32H33ClFN5O2. The number of benzene rings is 2. The first-order valence-electron chi connectivity index (χ1n) is 14.9. The van der Waals surface area contributed by atoms with Crippen molar-refractivity contribution >= 4 is 39.1 Å². The molecule has 1 aliphatic carbocycles. The van der Waals surface area contributed by atoms with Crippen molar-refractivity contribution in [1.29, 1.82) is 0 Å². The van der Waals surface area contributed by atoms with Crippen molar-refractivity contribution in [3.8, 4) is 17.3 Å². The lowest BCUT2D eigenvalue weighted by atomic mass is 9.88. The molecule has 1 N–H and O–H groups in total. The van der Waals surface area contributed by atoms with Gasteiger partial charge in [0.25, 0.3) is 0 Å². The van der Waals surface area contributed by atoms with Crippen LogP contribution in [0.2, 0.25) is 5.02 Å². The predicted octanol–water partition coefficient (Wildman–Crippen LogP) is 5.99. The summed E-state index contributed by atoms with van der Waals surface area (Å²) in [5.74, 6) is 0.525. The van der Waals surface area contributed by atoms with E-state index in [0.717, 1.165) is 56.1 Å². The minimum Gasteiger partial charge on any atom is -0.461 e. The molecule has 3 unspecified atom stereocenters. The highest BCUT2D eigenvalue weighted by atomic mass is 35.5. The summed E-state index contributed by atoms with van der Waals surface area (Å²) >= 11 is 6.60. The maximum absolute atomic E-state index is 16.6. The van der Waals surface area contributed by atoms with Crippen molar-refractivity contribution in [3.05, 3.63) is 53.4 Å². The highest BCUT2D eigenvalue weighted by molar-refractivity contribution is 6.36. The minimum atomic E-state index is -0.507. The molecule has 3 saturated heterocycles. The van der Waals surface area contributed by atoms with Crippen LogP contribution in [0.4, 0.5) is 10.2 Å². The molecule has 4 aromatic rings. The van der Waals surface area contributed by atoms with Crippen LogP contribution in [0.15, 0.2) is 42.6 Å². The number of pyridine rings is 1. The van der Waals surface area contributed by atoms with Gasteiger partial charge in [-0.1, -0.05) is 41.9 Å². The number of anilines is 1. The molecule has 4 aliphatic rings. The largest absolute Gasteiger partial charge is 0.461 e. The number of rotatable bonds is 5. The summed E-state index contributed by atoms with van der Waals surface area (Å²) in [6.45, 7) is 3.47. The molecule has 212 valence electrons. The highest BCUT2D eigenvalue weighted by Crippen LogP contribution is 2.43. The molecule has 2 aromatic heterocycles. The van der Waals surface area contributed by atoms with Crippen LogP contribution in [0.3, 0.4) is 0 Å². The van der Waals surface area contributed by atoms with E-state index in [1.165, 1.54) is 12.8 Å². The Kier molecular flexibility index (Phi) is 6.09. The Morgan fingerprint density at radius 1 is 1.05 bits per heavy atom. The Morgan fingerprint density at radius 3 is 2.68 bits per heavy atom. The molecule has 5 heterocycles. The average Bonchev–Trinajstić information content (AvgIpc) is 3.64. The Bertz CT molecular complexity index is 1650.